The monoisotopic (exact) mass is 588 g/mol. The summed E-state index contributed by atoms with van der Waals surface area (Å²) in [5.41, 5.74) is 6.04. The molecule has 2 N–H and O–H groups in total. The number of amides is 1. The number of alkyl halides is 2. The fourth-order valence-electron chi connectivity index (χ4n) is 4.76. The van der Waals surface area contributed by atoms with Crippen LogP contribution in [0.15, 0.2) is 84.9 Å². The normalized spacial score (nSPS) is 10.9. The van der Waals surface area contributed by atoms with Gasteiger partial charge in [0.05, 0.1) is 29.5 Å². The van der Waals surface area contributed by atoms with Crippen molar-refractivity contribution >= 4 is 73.9 Å². The van der Waals surface area contributed by atoms with E-state index in [9.17, 15) is 4.79 Å². The van der Waals surface area contributed by atoms with Crippen molar-refractivity contribution < 1.29 is 14.3 Å². The molecule has 41 heavy (non-hydrogen) atoms. The molecule has 7 nitrogen and oxygen atoms in total. The summed E-state index contributed by atoms with van der Waals surface area (Å²) in [6.07, 6.45) is -0.637. The Morgan fingerprint density at radius 3 is 2.37 bits per heavy atom. The van der Waals surface area contributed by atoms with Gasteiger partial charge < -0.3 is 19.7 Å². The molecule has 0 aliphatic carbocycles. The molecule has 5 aromatic rings. The number of anilines is 4. The average Bonchev–Trinajstić information content (AvgIpc) is 2.98. The quantitative estimate of drug-likeness (QED) is 0.126. The van der Waals surface area contributed by atoms with Gasteiger partial charge in [0.25, 0.3) is 0 Å². The van der Waals surface area contributed by atoms with Crippen molar-refractivity contribution in [3.8, 4) is 11.5 Å². The van der Waals surface area contributed by atoms with E-state index in [1.807, 2.05) is 54.6 Å². The lowest BCUT2D eigenvalue weighted by Gasteiger charge is -2.22. The van der Waals surface area contributed by atoms with Gasteiger partial charge in [-0.1, -0.05) is 36.4 Å². The largest absolute Gasteiger partial charge is 0.495 e. The van der Waals surface area contributed by atoms with Crippen LogP contribution in [0.2, 0.25) is 0 Å². The maximum atomic E-state index is 12.9. The van der Waals surface area contributed by atoms with Crippen LogP contribution in [-0.2, 0) is 0 Å². The predicted molar refractivity (Wildman–Crippen MR) is 170 cm³/mol. The number of nitrogens with zero attached hydrogens (tertiary/aromatic N) is 2. The number of aromatic nitrogens is 1. The van der Waals surface area contributed by atoms with E-state index in [1.54, 1.807) is 25.3 Å². The Morgan fingerprint density at radius 2 is 1.63 bits per heavy atom. The zero-order chi connectivity index (χ0) is 28.8. The molecule has 0 saturated heterocycles. The van der Waals surface area contributed by atoms with Gasteiger partial charge in [-0.25, -0.2) is 9.78 Å². The summed E-state index contributed by atoms with van der Waals surface area (Å²) in [5.74, 6) is 1.88. The zero-order valence-corrected chi connectivity index (χ0v) is 24.3. The number of benzene rings is 4. The van der Waals surface area contributed by atoms with Crippen LogP contribution in [0, 0.1) is 6.92 Å². The number of pyridine rings is 1. The van der Waals surface area contributed by atoms with Crippen molar-refractivity contribution in [2.75, 3.05) is 47.5 Å². The minimum absolute atomic E-state index is 0.404. The average molecular weight is 590 g/mol. The zero-order valence-electron chi connectivity index (χ0n) is 22.8. The number of methoxy groups -OCH3 is 1. The Labute approximate surface area is 249 Å². The molecule has 0 aliphatic rings. The van der Waals surface area contributed by atoms with Gasteiger partial charge in [-0.05, 0) is 61.0 Å². The van der Waals surface area contributed by atoms with Crippen molar-refractivity contribution in [2.24, 2.45) is 0 Å². The molecule has 0 saturated carbocycles. The first kappa shape index (κ1) is 28.3. The van der Waals surface area contributed by atoms with Crippen molar-refractivity contribution in [1.82, 2.24) is 4.98 Å². The summed E-state index contributed by atoms with van der Waals surface area (Å²) in [4.78, 5) is 19.8. The third-order valence-electron chi connectivity index (χ3n) is 6.74. The van der Waals surface area contributed by atoms with E-state index in [0.29, 0.717) is 42.0 Å². The molecule has 0 radical (unpaired) electrons. The second-order valence-electron chi connectivity index (χ2n) is 9.39. The first-order valence-electron chi connectivity index (χ1n) is 13.2. The third-order valence-corrected chi connectivity index (χ3v) is 7.08. The van der Waals surface area contributed by atoms with Crippen LogP contribution in [0.4, 0.5) is 27.5 Å². The van der Waals surface area contributed by atoms with E-state index in [0.717, 1.165) is 44.4 Å². The van der Waals surface area contributed by atoms with E-state index in [-0.39, 0.29) is 0 Å². The Kier molecular flexibility index (Phi) is 8.97. The number of carbonyl (C=O) groups excluding carboxylic acids is 1. The fraction of sp³-hybridized carbons (Fsp3) is 0.188. The van der Waals surface area contributed by atoms with Gasteiger partial charge in [-0.2, -0.15) is 0 Å². The van der Waals surface area contributed by atoms with E-state index in [2.05, 4.69) is 34.6 Å². The maximum absolute atomic E-state index is 12.9. The number of hydrogen-bond donors (Lipinski definition) is 2. The lowest BCUT2D eigenvalue weighted by Crippen LogP contribution is -2.27. The number of hydrogen-bond acceptors (Lipinski definition) is 6. The molecule has 5 rings (SSSR count). The van der Waals surface area contributed by atoms with E-state index >= 15 is 0 Å². The lowest BCUT2D eigenvalue weighted by atomic mass is 10.0. The summed E-state index contributed by atoms with van der Waals surface area (Å²) in [6.45, 7) is 3.39. The highest BCUT2D eigenvalue weighted by atomic mass is 35.5. The topological polar surface area (TPSA) is 75.7 Å². The fourth-order valence-corrected chi connectivity index (χ4v) is 5.17. The van der Waals surface area contributed by atoms with Crippen LogP contribution < -0.4 is 25.0 Å². The molecule has 9 heteroatoms. The summed E-state index contributed by atoms with van der Waals surface area (Å²) >= 11 is 11.8. The highest BCUT2D eigenvalue weighted by molar-refractivity contribution is 6.18. The molecule has 1 heterocycles. The number of nitrogens with one attached hydrogen (secondary N) is 2. The number of ether oxygens (including phenoxy) is 2. The number of para-hydroxylation sites is 2. The van der Waals surface area contributed by atoms with Crippen molar-refractivity contribution in [3.63, 3.8) is 0 Å². The molecule has 0 unspecified atom stereocenters. The van der Waals surface area contributed by atoms with Gasteiger partial charge in [0.15, 0.2) is 0 Å². The van der Waals surface area contributed by atoms with Crippen LogP contribution in [0.1, 0.15) is 5.56 Å². The van der Waals surface area contributed by atoms with E-state index in [4.69, 9.17) is 37.7 Å². The highest BCUT2D eigenvalue weighted by Crippen LogP contribution is 2.36. The molecule has 1 amide bonds. The smallest absolute Gasteiger partial charge is 0.417 e. The molecule has 0 fully saturated rings. The third kappa shape index (κ3) is 6.42. The highest BCUT2D eigenvalue weighted by Gasteiger charge is 2.15. The SMILES string of the molecule is COc1ccc(Nc2c3ccccc3nc3c(C)cccc23)cc1NC(=O)Oc1ccc(N(CCCl)CCCl)cc1. The van der Waals surface area contributed by atoms with Crippen molar-refractivity contribution in [1.29, 1.82) is 0 Å². The van der Waals surface area contributed by atoms with Gasteiger partial charge in [-0.15, -0.1) is 23.2 Å². The standard InChI is InChI=1S/C32H30Cl2N4O3/c1-21-6-5-8-26-30(21)36-27-9-4-3-7-25(27)31(26)35-22-10-15-29(40-2)28(20-22)37-32(39)41-24-13-11-23(12-14-24)38(18-16-33)19-17-34/h3-15,20H,16-19H2,1-2H3,(H,35,36)(H,37,39). The number of halogens is 2. The van der Waals surface area contributed by atoms with E-state index < -0.39 is 6.09 Å². The first-order chi connectivity index (χ1) is 20.0. The Bertz CT molecular complexity index is 1670. The first-order valence-corrected chi connectivity index (χ1v) is 14.3. The van der Waals surface area contributed by atoms with Gasteiger partial charge in [-0.3, -0.25) is 5.32 Å². The number of fused-ring (bicyclic) bond motifs is 2. The second kappa shape index (κ2) is 13.0. The molecule has 4 aromatic carbocycles. The Balaban J connectivity index is 1.38. The van der Waals surface area contributed by atoms with Gasteiger partial charge in [0.1, 0.15) is 11.5 Å². The van der Waals surface area contributed by atoms with Gasteiger partial charge in [0, 0.05) is 47.0 Å². The number of carbonyl (C=O) groups is 1. The van der Waals surface area contributed by atoms with Crippen molar-refractivity contribution in [2.45, 2.75) is 6.92 Å². The summed E-state index contributed by atoms with van der Waals surface area (Å²) in [6, 6.07) is 26.9. The summed E-state index contributed by atoms with van der Waals surface area (Å²) < 4.78 is 11.1. The molecule has 0 bridgehead atoms. The molecule has 0 spiro atoms. The van der Waals surface area contributed by atoms with Gasteiger partial charge >= 0.3 is 6.09 Å². The lowest BCUT2D eigenvalue weighted by molar-refractivity contribution is 0.215. The number of aryl methyl sites for hydroxylation is 1. The second-order valence-corrected chi connectivity index (χ2v) is 10.1. The number of rotatable bonds is 10. The molecule has 0 atom stereocenters. The molecular weight excluding hydrogens is 559 g/mol. The maximum Gasteiger partial charge on any atom is 0.417 e. The molecule has 210 valence electrons. The Morgan fingerprint density at radius 1 is 0.902 bits per heavy atom. The van der Waals surface area contributed by atoms with Crippen LogP contribution in [0.5, 0.6) is 11.5 Å². The molecule has 1 aromatic heterocycles. The van der Waals surface area contributed by atoms with Gasteiger partial charge in [0.2, 0.25) is 0 Å². The summed E-state index contributed by atoms with van der Waals surface area (Å²) in [7, 11) is 1.55. The van der Waals surface area contributed by atoms with Crippen LogP contribution in [0.3, 0.4) is 0 Å². The minimum Gasteiger partial charge on any atom is -0.495 e. The summed E-state index contributed by atoms with van der Waals surface area (Å²) in [5, 5.41) is 8.37. The van der Waals surface area contributed by atoms with Crippen molar-refractivity contribution in [3.05, 3.63) is 90.5 Å². The molecular formula is C32H30Cl2N4O3. The van der Waals surface area contributed by atoms with Crippen LogP contribution in [0.25, 0.3) is 21.8 Å². The van der Waals surface area contributed by atoms with Crippen LogP contribution >= 0.6 is 23.2 Å². The molecule has 0 aliphatic heterocycles. The predicted octanol–water partition coefficient (Wildman–Crippen LogP) is 8.34. The van der Waals surface area contributed by atoms with Crippen LogP contribution in [-0.4, -0.2) is 43.0 Å². The minimum atomic E-state index is -0.637. The Hall–Kier alpha value is -4.20. The van der Waals surface area contributed by atoms with E-state index in [1.165, 1.54) is 0 Å².